The molecule has 0 aromatic carbocycles. The molecule has 0 aromatic rings. The lowest BCUT2D eigenvalue weighted by atomic mass is 10.0. The zero-order valence-corrected chi connectivity index (χ0v) is 13.8. The third-order valence-corrected chi connectivity index (χ3v) is 5.51. The SMILES string of the molecule is C[C@@H](C(=O)N1CCCC1)N1CCC(N2CCN(C)C2=O)CC1. The van der Waals surface area contributed by atoms with Gasteiger partial charge in [0.2, 0.25) is 5.91 Å². The number of urea groups is 1. The van der Waals surface area contributed by atoms with E-state index in [2.05, 4.69) is 4.90 Å². The van der Waals surface area contributed by atoms with E-state index in [1.165, 1.54) is 0 Å². The topological polar surface area (TPSA) is 47.1 Å². The van der Waals surface area contributed by atoms with E-state index >= 15 is 0 Å². The predicted molar refractivity (Wildman–Crippen MR) is 84.6 cm³/mol. The number of amides is 3. The van der Waals surface area contributed by atoms with Crippen molar-refractivity contribution in [1.82, 2.24) is 19.6 Å². The quantitative estimate of drug-likeness (QED) is 0.776. The Morgan fingerprint density at radius 2 is 1.68 bits per heavy atom. The number of nitrogens with zero attached hydrogens (tertiary/aromatic N) is 4. The first kappa shape index (κ1) is 15.6. The normalized spacial score (nSPS) is 26.1. The van der Waals surface area contributed by atoms with Crippen LogP contribution in [0.3, 0.4) is 0 Å². The number of likely N-dealkylation sites (tertiary alicyclic amines) is 2. The van der Waals surface area contributed by atoms with E-state index in [0.29, 0.717) is 6.04 Å². The second-order valence-electron chi connectivity index (χ2n) is 6.87. The summed E-state index contributed by atoms with van der Waals surface area (Å²) in [5.74, 6) is 0.285. The van der Waals surface area contributed by atoms with Gasteiger partial charge in [0.25, 0.3) is 0 Å². The van der Waals surface area contributed by atoms with Crippen LogP contribution in [0.5, 0.6) is 0 Å². The van der Waals surface area contributed by atoms with E-state index in [0.717, 1.165) is 65.0 Å². The van der Waals surface area contributed by atoms with Crippen LogP contribution in [-0.2, 0) is 4.79 Å². The third-order valence-electron chi connectivity index (χ3n) is 5.51. The molecule has 0 aromatic heterocycles. The average Bonchev–Trinajstić information content (AvgIpc) is 3.18. The maximum Gasteiger partial charge on any atom is 0.320 e. The zero-order valence-electron chi connectivity index (χ0n) is 13.8. The number of carbonyl (C=O) groups excluding carboxylic acids is 2. The molecule has 3 fully saturated rings. The number of carbonyl (C=O) groups is 2. The summed E-state index contributed by atoms with van der Waals surface area (Å²) >= 11 is 0. The van der Waals surface area contributed by atoms with E-state index in [1.807, 2.05) is 23.8 Å². The van der Waals surface area contributed by atoms with E-state index in [9.17, 15) is 9.59 Å². The minimum Gasteiger partial charge on any atom is -0.341 e. The number of hydrogen-bond acceptors (Lipinski definition) is 3. The van der Waals surface area contributed by atoms with Crippen molar-refractivity contribution in [1.29, 1.82) is 0 Å². The molecule has 6 heteroatoms. The third kappa shape index (κ3) is 2.93. The van der Waals surface area contributed by atoms with Crippen LogP contribution in [0.15, 0.2) is 0 Å². The first-order chi connectivity index (χ1) is 10.6. The van der Waals surface area contributed by atoms with Crippen molar-refractivity contribution in [3.05, 3.63) is 0 Å². The highest BCUT2D eigenvalue weighted by atomic mass is 16.2. The van der Waals surface area contributed by atoms with Gasteiger partial charge in [-0.25, -0.2) is 4.79 Å². The highest BCUT2D eigenvalue weighted by molar-refractivity contribution is 5.81. The number of rotatable bonds is 3. The first-order valence-corrected chi connectivity index (χ1v) is 8.62. The molecule has 0 aliphatic carbocycles. The lowest BCUT2D eigenvalue weighted by Gasteiger charge is -2.39. The van der Waals surface area contributed by atoms with Gasteiger partial charge in [0, 0.05) is 52.4 Å². The fourth-order valence-electron chi connectivity index (χ4n) is 3.95. The highest BCUT2D eigenvalue weighted by Crippen LogP contribution is 2.22. The van der Waals surface area contributed by atoms with Crippen LogP contribution in [0.4, 0.5) is 4.79 Å². The molecule has 0 N–H and O–H groups in total. The number of hydrogen-bond donors (Lipinski definition) is 0. The molecule has 3 aliphatic rings. The molecule has 3 rings (SSSR count). The summed E-state index contributed by atoms with van der Waals surface area (Å²) in [4.78, 5) is 32.7. The van der Waals surface area contributed by atoms with Crippen molar-refractivity contribution in [2.45, 2.75) is 44.7 Å². The maximum absolute atomic E-state index is 12.5. The molecule has 0 radical (unpaired) electrons. The fraction of sp³-hybridized carbons (Fsp3) is 0.875. The zero-order chi connectivity index (χ0) is 15.7. The standard InChI is InChI=1S/C16H28N4O2/c1-13(15(21)19-7-3-4-8-19)18-9-5-14(6-10-18)20-12-11-17(2)16(20)22/h13-14H,3-12H2,1-2H3/t13-/m0/s1. The Morgan fingerprint density at radius 1 is 1.05 bits per heavy atom. The maximum atomic E-state index is 12.5. The van der Waals surface area contributed by atoms with Crippen molar-refractivity contribution >= 4 is 11.9 Å². The van der Waals surface area contributed by atoms with E-state index in [-0.39, 0.29) is 18.0 Å². The second kappa shape index (κ2) is 6.44. The molecule has 22 heavy (non-hydrogen) atoms. The van der Waals surface area contributed by atoms with E-state index in [1.54, 1.807) is 4.90 Å². The van der Waals surface area contributed by atoms with Gasteiger partial charge in [0.05, 0.1) is 6.04 Å². The molecule has 3 aliphatic heterocycles. The Hall–Kier alpha value is -1.30. The number of piperidine rings is 1. The van der Waals surface area contributed by atoms with Crippen LogP contribution in [0.25, 0.3) is 0 Å². The Bertz CT molecular complexity index is 428. The smallest absolute Gasteiger partial charge is 0.320 e. The molecule has 0 spiro atoms. The van der Waals surface area contributed by atoms with Crippen LogP contribution >= 0.6 is 0 Å². The summed E-state index contributed by atoms with van der Waals surface area (Å²) in [6.07, 6.45) is 4.25. The first-order valence-electron chi connectivity index (χ1n) is 8.62. The second-order valence-corrected chi connectivity index (χ2v) is 6.87. The van der Waals surface area contributed by atoms with Gasteiger partial charge in [-0.05, 0) is 32.6 Å². The van der Waals surface area contributed by atoms with Crippen LogP contribution in [0.2, 0.25) is 0 Å². The molecular weight excluding hydrogens is 280 g/mol. The minimum absolute atomic E-state index is 0.0176. The van der Waals surface area contributed by atoms with Crippen LogP contribution in [0.1, 0.15) is 32.6 Å². The van der Waals surface area contributed by atoms with Gasteiger partial charge < -0.3 is 14.7 Å². The molecule has 3 saturated heterocycles. The van der Waals surface area contributed by atoms with Crippen molar-refractivity contribution in [2.75, 3.05) is 46.3 Å². The van der Waals surface area contributed by atoms with Crippen LogP contribution in [-0.4, -0.2) is 89.9 Å². The van der Waals surface area contributed by atoms with E-state index < -0.39 is 0 Å². The van der Waals surface area contributed by atoms with Gasteiger partial charge in [-0.1, -0.05) is 0 Å². The fourth-order valence-corrected chi connectivity index (χ4v) is 3.95. The largest absolute Gasteiger partial charge is 0.341 e. The van der Waals surface area contributed by atoms with Crippen molar-refractivity contribution in [3.63, 3.8) is 0 Å². The summed E-state index contributed by atoms with van der Waals surface area (Å²) in [5.41, 5.74) is 0. The molecular formula is C16H28N4O2. The lowest BCUT2D eigenvalue weighted by molar-refractivity contribution is -0.135. The van der Waals surface area contributed by atoms with Gasteiger partial charge in [0.15, 0.2) is 0 Å². The Morgan fingerprint density at radius 3 is 2.23 bits per heavy atom. The summed E-state index contributed by atoms with van der Waals surface area (Å²) in [5, 5.41) is 0. The minimum atomic E-state index is -0.0176. The number of likely N-dealkylation sites (N-methyl/N-ethyl adjacent to an activating group) is 1. The molecule has 1 atom stereocenters. The Kier molecular flexibility index (Phi) is 4.57. The molecule has 6 nitrogen and oxygen atoms in total. The summed E-state index contributed by atoms with van der Waals surface area (Å²) in [6.45, 7) is 7.40. The van der Waals surface area contributed by atoms with Crippen LogP contribution < -0.4 is 0 Å². The summed E-state index contributed by atoms with van der Waals surface area (Å²) in [6, 6.07) is 0.499. The molecule has 0 unspecified atom stereocenters. The van der Waals surface area contributed by atoms with Gasteiger partial charge in [-0.2, -0.15) is 0 Å². The molecule has 0 saturated carbocycles. The van der Waals surface area contributed by atoms with Gasteiger partial charge in [-0.15, -0.1) is 0 Å². The summed E-state index contributed by atoms with van der Waals surface area (Å²) in [7, 11) is 1.87. The predicted octanol–water partition coefficient (Wildman–Crippen LogP) is 0.829. The molecule has 3 amide bonds. The Balaban J connectivity index is 1.51. The monoisotopic (exact) mass is 308 g/mol. The molecule has 0 bridgehead atoms. The van der Waals surface area contributed by atoms with Gasteiger partial charge in [0.1, 0.15) is 0 Å². The van der Waals surface area contributed by atoms with E-state index in [4.69, 9.17) is 0 Å². The molecule has 124 valence electrons. The van der Waals surface area contributed by atoms with Crippen molar-refractivity contribution in [3.8, 4) is 0 Å². The average molecular weight is 308 g/mol. The van der Waals surface area contributed by atoms with Gasteiger partial charge in [-0.3, -0.25) is 9.69 Å². The highest BCUT2D eigenvalue weighted by Gasteiger charge is 2.36. The lowest BCUT2D eigenvalue weighted by Crippen LogP contribution is -2.52. The van der Waals surface area contributed by atoms with Crippen molar-refractivity contribution < 1.29 is 9.59 Å². The van der Waals surface area contributed by atoms with Crippen molar-refractivity contribution in [2.24, 2.45) is 0 Å². The molecule has 3 heterocycles. The van der Waals surface area contributed by atoms with Gasteiger partial charge >= 0.3 is 6.03 Å². The summed E-state index contributed by atoms with van der Waals surface area (Å²) < 4.78 is 0. The van der Waals surface area contributed by atoms with Crippen LogP contribution in [0, 0.1) is 0 Å². The Labute approximate surface area is 133 Å².